The quantitative estimate of drug-likeness (QED) is 0.699. The monoisotopic (exact) mass is 492 g/mol. The number of carbonyl (C=O) groups is 1. The lowest BCUT2D eigenvalue weighted by Crippen LogP contribution is -2.55. The predicted octanol–water partition coefficient (Wildman–Crippen LogP) is 3.64. The van der Waals surface area contributed by atoms with E-state index in [9.17, 15) is 13.6 Å². The third kappa shape index (κ3) is 4.80. The van der Waals surface area contributed by atoms with Crippen LogP contribution in [0.25, 0.3) is 5.52 Å². The number of halogens is 2. The molecule has 3 aliphatic rings. The van der Waals surface area contributed by atoms with Crippen molar-refractivity contribution in [3.63, 3.8) is 0 Å². The topological polar surface area (TPSA) is 98.2 Å². The molecule has 11 heteroatoms. The van der Waals surface area contributed by atoms with E-state index >= 15 is 0 Å². The number of aromatic nitrogens is 3. The fourth-order valence-electron chi connectivity index (χ4n) is 5.80. The second kappa shape index (κ2) is 8.55. The third-order valence-corrected chi connectivity index (χ3v) is 7.40. The molecule has 5 heterocycles. The van der Waals surface area contributed by atoms with Gasteiger partial charge in [-0.05, 0) is 58.6 Å². The Morgan fingerprint density at radius 1 is 1.26 bits per heavy atom. The molecule has 35 heavy (non-hydrogen) atoms. The van der Waals surface area contributed by atoms with E-state index in [2.05, 4.69) is 10.1 Å². The van der Waals surface area contributed by atoms with Gasteiger partial charge in [-0.1, -0.05) is 0 Å². The summed E-state index contributed by atoms with van der Waals surface area (Å²) in [6.07, 6.45) is 3.08. The molecule has 3 saturated heterocycles. The number of anilines is 1. The van der Waals surface area contributed by atoms with Crippen LogP contribution in [0.2, 0.25) is 0 Å². The van der Waals surface area contributed by atoms with Crippen LogP contribution in [0, 0.1) is 0 Å². The number of ether oxygens (including phenoxy) is 2. The number of nitrogens with zero attached hydrogens (tertiary/aromatic N) is 5. The molecule has 2 atom stereocenters. The summed E-state index contributed by atoms with van der Waals surface area (Å²) < 4.78 is 42.9. The van der Waals surface area contributed by atoms with Crippen LogP contribution in [0.1, 0.15) is 64.7 Å². The Hall–Kier alpha value is -2.53. The molecule has 0 radical (unpaired) electrons. The number of piperidine rings is 1. The van der Waals surface area contributed by atoms with Gasteiger partial charge in [-0.15, -0.1) is 0 Å². The number of amides is 1. The summed E-state index contributed by atoms with van der Waals surface area (Å²) in [6.45, 7) is 6.45. The number of fused-ring (bicyclic) bond motifs is 1. The van der Waals surface area contributed by atoms with Crippen molar-refractivity contribution in [2.75, 3.05) is 31.9 Å². The minimum Gasteiger partial charge on any atom is -0.444 e. The highest BCUT2D eigenvalue weighted by Crippen LogP contribution is 2.46. The zero-order valence-electron chi connectivity index (χ0n) is 20.5. The summed E-state index contributed by atoms with van der Waals surface area (Å²) in [5.41, 5.74) is 6.35. The first kappa shape index (κ1) is 24.2. The molecule has 2 aromatic heterocycles. The number of nitrogens with two attached hydrogens (primary N) is 1. The molecule has 1 amide bonds. The molecule has 1 spiro atoms. The molecule has 2 N–H and O–H groups in total. The molecule has 0 aliphatic carbocycles. The Kier molecular flexibility index (Phi) is 5.90. The number of rotatable bonds is 3. The SMILES string of the molecule is CC(C)(C)OC(=O)N1CCC2(CC1)CC(F)(F)CN2C[C@@H]1CC[C@H](c2ccc3c(N)ncnn23)O1. The lowest BCUT2D eigenvalue weighted by Gasteiger charge is -2.45. The Balaban J connectivity index is 1.25. The molecule has 0 unspecified atom stereocenters. The lowest BCUT2D eigenvalue weighted by atomic mass is 9.84. The largest absolute Gasteiger partial charge is 0.444 e. The van der Waals surface area contributed by atoms with Crippen LogP contribution >= 0.6 is 0 Å². The maximum atomic E-state index is 14.7. The number of carbonyl (C=O) groups excluding carboxylic acids is 1. The van der Waals surface area contributed by atoms with Gasteiger partial charge in [0.05, 0.1) is 18.3 Å². The lowest BCUT2D eigenvalue weighted by molar-refractivity contribution is -0.0225. The van der Waals surface area contributed by atoms with Crippen LogP contribution in [-0.4, -0.2) is 79.8 Å². The Bertz CT molecular complexity index is 1090. The highest BCUT2D eigenvalue weighted by atomic mass is 19.3. The highest BCUT2D eigenvalue weighted by molar-refractivity contribution is 5.68. The molecule has 3 aliphatic heterocycles. The van der Waals surface area contributed by atoms with Gasteiger partial charge in [0, 0.05) is 31.6 Å². The van der Waals surface area contributed by atoms with Crippen LogP contribution in [0.15, 0.2) is 18.5 Å². The summed E-state index contributed by atoms with van der Waals surface area (Å²) in [7, 11) is 0. The van der Waals surface area contributed by atoms with Crippen LogP contribution in [0.5, 0.6) is 0 Å². The average molecular weight is 493 g/mol. The first-order valence-electron chi connectivity index (χ1n) is 12.3. The molecule has 192 valence electrons. The summed E-state index contributed by atoms with van der Waals surface area (Å²) >= 11 is 0. The number of likely N-dealkylation sites (tertiary alicyclic amines) is 2. The Labute approximate surface area is 203 Å². The van der Waals surface area contributed by atoms with Gasteiger partial charge in [-0.3, -0.25) is 4.90 Å². The molecule has 0 saturated carbocycles. The summed E-state index contributed by atoms with van der Waals surface area (Å²) in [5, 5.41) is 4.30. The van der Waals surface area contributed by atoms with Crippen molar-refractivity contribution in [1.82, 2.24) is 24.4 Å². The fourth-order valence-corrected chi connectivity index (χ4v) is 5.80. The zero-order valence-corrected chi connectivity index (χ0v) is 20.5. The molecular formula is C24H34F2N6O3. The van der Waals surface area contributed by atoms with E-state index in [0.717, 1.165) is 24.1 Å². The van der Waals surface area contributed by atoms with E-state index in [1.807, 2.05) is 37.8 Å². The minimum absolute atomic E-state index is 0.153. The molecule has 9 nitrogen and oxygen atoms in total. The molecule has 5 rings (SSSR count). The highest BCUT2D eigenvalue weighted by Gasteiger charge is 2.56. The number of hydrogen-bond acceptors (Lipinski definition) is 7. The van der Waals surface area contributed by atoms with E-state index in [1.54, 1.807) is 9.42 Å². The van der Waals surface area contributed by atoms with Gasteiger partial charge in [-0.25, -0.2) is 23.1 Å². The zero-order chi connectivity index (χ0) is 25.0. The fraction of sp³-hybridized carbons (Fsp3) is 0.708. The summed E-state index contributed by atoms with van der Waals surface area (Å²) in [4.78, 5) is 20.0. The molecule has 3 fully saturated rings. The number of alkyl halides is 2. The first-order chi connectivity index (χ1) is 16.4. The van der Waals surface area contributed by atoms with Crippen LogP contribution in [0.4, 0.5) is 19.4 Å². The van der Waals surface area contributed by atoms with Gasteiger partial charge in [0.15, 0.2) is 5.82 Å². The van der Waals surface area contributed by atoms with Crippen molar-refractivity contribution in [2.45, 2.75) is 82.1 Å². The minimum atomic E-state index is -2.75. The number of hydrogen-bond donors (Lipinski definition) is 1. The van der Waals surface area contributed by atoms with Crippen LogP contribution in [-0.2, 0) is 9.47 Å². The first-order valence-corrected chi connectivity index (χ1v) is 12.3. The molecule has 0 aromatic carbocycles. The standard InChI is InChI=1S/C24H34F2N6O3/c1-22(2,3)35-21(33)30-10-8-23(9-11-30)13-24(25,26)14-31(23)12-16-4-7-19(34-16)17-5-6-18-20(27)28-15-29-32(17)18/h5-6,15-16,19H,4,7-14H2,1-3H3,(H2,27,28,29)/t16-,19+/m0/s1. The van der Waals surface area contributed by atoms with E-state index in [4.69, 9.17) is 15.2 Å². The van der Waals surface area contributed by atoms with E-state index in [0.29, 0.717) is 38.3 Å². The van der Waals surface area contributed by atoms with Crippen molar-refractivity contribution in [2.24, 2.45) is 0 Å². The van der Waals surface area contributed by atoms with E-state index in [1.165, 1.54) is 6.33 Å². The maximum absolute atomic E-state index is 14.7. The summed E-state index contributed by atoms with van der Waals surface area (Å²) in [6, 6.07) is 3.81. The average Bonchev–Trinajstić information content (AvgIpc) is 3.44. The smallest absolute Gasteiger partial charge is 0.410 e. The third-order valence-electron chi connectivity index (χ3n) is 7.40. The van der Waals surface area contributed by atoms with Gasteiger partial charge >= 0.3 is 6.09 Å². The van der Waals surface area contributed by atoms with Gasteiger partial charge in [0.2, 0.25) is 0 Å². The molecular weight excluding hydrogens is 458 g/mol. The van der Waals surface area contributed by atoms with Crippen LogP contribution in [0.3, 0.4) is 0 Å². The Morgan fingerprint density at radius 2 is 2.00 bits per heavy atom. The van der Waals surface area contributed by atoms with Crippen molar-refractivity contribution in [3.8, 4) is 0 Å². The second-order valence-corrected chi connectivity index (χ2v) is 11.1. The van der Waals surface area contributed by atoms with Crippen molar-refractivity contribution >= 4 is 17.4 Å². The van der Waals surface area contributed by atoms with Gasteiger partial charge in [0.1, 0.15) is 23.5 Å². The molecule has 2 aromatic rings. The van der Waals surface area contributed by atoms with Gasteiger partial charge < -0.3 is 20.1 Å². The van der Waals surface area contributed by atoms with Crippen molar-refractivity contribution in [1.29, 1.82) is 0 Å². The van der Waals surface area contributed by atoms with E-state index < -0.39 is 17.1 Å². The summed E-state index contributed by atoms with van der Waals surface area (Å²) in [5.74, 6) is -2.35. The molecule has 0 bridgehead atoms. The van der Waals surface area contributed by atoms with E-state index in [-0.39, 0.29) is 31.3 Å². The van der Waals surface area contributed by atoms with Crippen LogP contribution < -0.4 is 5.73 Å². The normalized spacial score (nSPS) is 26.6. The maximum Gasteiger partial charge on any atom is 0.410 e. The van der Waals surface area contributed by atoms with Gasteiger partial charge in [-0.2, -0.15) is 5.10 Å². The van der Waals surface area contributed by atoms with Gasteiger partial charge in [0.25, 0.3) is 5.92 Å². The predicted molar refractivity (Wildman–Crippen MR) is 125 cm³/mol. The van der Waals surface area contributed by atoms with Crippen molar-refractivity contribution < 1.29 is 23.0 Å². The Morgan fingerprint density at radius 3 is 2.71 bits per heavy atom. The second-order valence-electron chi connectivity index (χ2n) is 11.1. The van der Waals surface area contributed by atoms with Crippen molar-refractivity contribution in [3.05, 3.63) is 24.2 Å². The number of nitrogen functional groups attached to an aromatic ring is 1.